The van der Waals surface area contributed by atoms with E-state index in [-0.39, 0.29) is 0 Å². The van der Waals surface area contributed by atoms with Crippen LogP contribution in [0.4, 0.5) is 5.69 Å². The van der Waals surface area contributed by atoms with Gasteiger partial charge in [0.1, 0.15) is 0 Å². The van der Waals surface area contributed by atoms with Crippen molar-refractivity contribution in [2.24, 2.45) is 11.8 Å². The Balaban J connectivity index is 1.43. The Hall–Kier alpha value is -1.81. The molecule has 4 heteroatoms. The van der Waals surface area contributed by atoms with Crippen molar-refractivity contribution in [3.63, 3.8) is 0 Å². The van der Waals surface area contributed by atoms with Crippen molar-refractivity contribution in [1.82, 2.24) is 10.3 Å². The van der Waals surface area contributed by atoms with E-state index in [4.69, 9.17) is 12.2 Å². The highest BCUT2D eigenvalue weighted by Crippen LogP contribution is 2.38. The molecule has 3 atom stereocenters. The first-order valence-corrected chi connectivity index (χ1v) is 7.52. The molecule has 4 rings (SSSR count). The van der Waals surface area contributed by atoms with Gasteiger partial charge in [-0.25, -0.2) is 0 Å². The van der Waals surface area contributed by atoms with Crippen LogP contribution in [0.3, 0.4) is 0 Å². The largest absolute Gasteiger partial charge is 0.361 e. The van der Waals surface area contributed by atoms with E-state index in [2.05, 4.69) is 46.0 Å². The molecule has 2 aromatic rings. The van der Waals surface area contributed by atoms with Crippen molar-refractivity contribution in [1.29, 1.82) is 0 Å². The molecular weight excluding hydrogens is 266 g/mol. The summed E-state index contributed by atoms with van der Waals surface area (Å²) < 4.78 is 0. The molecule has 0 aliphatic heterocycles. The lowest BCUT2D eigenvalue weighted by Crippen LogP contribution is -2.40. The third-order valence-electron chi connectivity index (χ3n) is 4.41. The van der Waals surface area contributed by atoms with Gasteiger partial charge in [-0.05, 0) is 61.2 Å². The quantitative estimate of drug-likeness (QED) is 0.584. The summed E-state index contributed by atoms with van der Waals surface area (Å²) in [5.74, 6) is 1.42. The fourth-order valence-corrected chi connectivity index (χ4v) is 3.68. The zero-order chi connectivity index (χ0) is 13.5. The van der Waals surface area contributed by atoms with Crippen LogP contribution in [-0.4, -0.2) is 16.1 Å². The maximum Gasteiger partial charge on any atom is 0.171 e. The minimum absolute atomic E-state index is 0.501. The predicted molar refractivity (Wildman–Crippen MR) is 86.8 cm³/mol. The molecule has 2 aliphatic rings. The summed E-state index contributed by atoms with van der Waals surface area (Å²) in [7, 11) is 0. The van der Waals surface area contributed by atoms with Gasteiger partial charge in [-0.3, -0.25) is 0 Å². The van der Waals surface area contributed by atoms with Crippen molar-refractivity contribution >= 4 is 33.9 Å². The molecule has 2 aliphatic carbocycles. The molecule has 3 nitrogen and oxygen atoms in total. The number of benzene rings is 1. The summed E-state index contributed by atoms with van der Waals surface area (Å²) in [5, 5.41) is 8.68. The zero-order valence-corrected chi connectivity index (χ0v) is 11.9. The van der Waals surface area contributed by atoms with E-state index in [1.165, 1.54) is 18.2 Å². The predicted octanol–water partition coefficient (Wildman–Crippen LogP) is 3.42. The Bertz CT molecular complexity index is 688. The van der Waals surface area contributed by atoms with Crippen molar-refractivity contribution < 1.29 is 0 Å². The standard InChI is InChI=1S/C16H17N3S/c20-16(19-15-8-10-1-2-11(15)7-10)18-13-3-4-14-12(9-13)5-6-17-14/h1-6,9-11,15,17H,7-8H2,(H2,18,19,20)/t10-,11-,15+/m1/s1. The second-order valence-corrected chi connectivity index (χ2v) is 6.17. The average Bonchev–Trinajstić information content (AvgIpc) is 3.13. The van der Waals surface area contributed by atoms with Gasteiger partial charge in [0.15, 0.2) is 5.11 Å². The van der Waals surface area contributed by atoms with Gasteiger partial charge in [-0.2, -0.15) is 0 Å². The molecule has 1 fully saturated rings. The first-order chi connectivity index (χ1) is 9.78. The van der Waals surface area contributed by atoms with Crippen LogP contribution < -0.4 is 10.6 Å². The molecule has 1 saturated carbocycles. The minimum Gasteiger partial charge on any atom is -0.361 e. The van der Waals surface area contributed by atoms with E-state index < -0.39 is 0 Å². The summed E-state index contributed by atoms with van der Waals surface area (Å²) in [5.41, 5.74) is 2.18. The second-order valence-electron chi connectivity index (χ2n) is 5.76. The van der Waals surface area contributed by atoms with Crippen LogP contribution in [-0.2, 0) is 0 Å². The van der Waals surface area contributed by atoms with Gasteiger partial charge in [0, 0.05) is 28.8 Å². The number of thiocarbonyl (C=S) groups is 1. The number of rotatable bonds is 2. The van der Waals surface area contributed by atoms with Gasteiger partial charge in [0.2, 0.25) is 0 Å². The highest BCUT2D eigenvalue weighted by Gasteiger charge is 2.35. The van der Waals surface area contributed by atoms with Crippen LogP contribution in [0.1, 0.15) is 12.8 Å². The molecule has 0 unspecified atom stereocenters. The van der Waals surface area contributed by atoms with Gasteiger partial charge in [0.05, 0.1) is 0 Å². The molecule has 0 radical (unpaired) electrons. The van der Waals surface area contributed by atoms with Crippen molar-refractivity contribution in [3.05, 3.63) is 42.6 Å². The highest BCUT2D eigenvalue weighted by molar-refractivity contribution is 7.80. The Labute approximate surface area is 123 Å². The van der Waals surface area contributed by atoms with Crippen LogP contribution in [0.5, 0.6) is 0 Å². The van der Waals surface area contributed by atoms with Gasteiger partial charge in [-0.1, -0.05) is 12.2 Å². The van der Waals surface area contributed by atoms with E-state index in [9.17, 15) is 0 Å². The van der Waals surface area contributed by atoms with E-state index in [1.54, 1.807) is 0 Å². The van der Waals surface area contributed by atoms with Crippen LogP contribution in [0.25, 0.3) is 10.9 Å². The van der Waals surface area contributed by atoms with Crippen LogP contribution in [0, 0.1) is 11.8 Å². The topological polar surface area (TPSA) is 39.9 Å². The lowest BCUT2D eigenvalue weighted by molar-refractivity contribution is 0.526. The lowest BCUT2D eigenvalue weighted by atomic mass is 10.0. The normalized spacial score (nSPS) is 27.1. The number of aromatic amines is 1. The van der Waals surface area contributed by atoms with Crippen LogP contribution >= 0.6 is 12.2 Å². The smallest absolute Gasteiger partial charge is 0.171 e. The Kier molecular flexibility index (Phi) is 2.77. The zero-order valence-electron chi connectivity index (χ0n) is 11.1. The molecular formula is C16H17N3S. The fourth-order valence-electron chi connectivity index (χ4n) is 3.41. The molecule has 1 aromatic carbocycles. The number of allylic oxidation sites excluding steroid dienone is 1. The maximum absolute atomic E-state index is 5.44. The van der Waals surface area contributed by atoms with Crippen molar-refractivity contribution in [2.75, 3.05) is 5.32 Å². The molecule has 0 saturated heterocycles. The Morgan fingerprint density at radius 3 is 2.95 bits per heavy atom. The Morgan fingerprint density at radius 2 is 2.15 bits per heavy atom. The molecule has 1 heterocycles. The first kappa shape index (κ1) is 12.0. The second kappa shape index (κ2) is 4.63. The fraction of sp³-hybridized carbons (Fsp3) is 0.312. The monoisotopic (exact) mass is 283 g/mol. The molecule has 20 heavy (non-hydrogen) atoms. The minimum atomic E-state index is 0.501. The van der Waals surface area contributed by atoms with E-state index >= 15 is 0 Å². The summed E-state index contributed by atoms with van der Waals surface area (Å²) in [4.78, 5) is 3.19. The summed E-state index contributed by atoms with van der Waals surface area (Å²) in [6, 6.07) is 8.80. The van der Waals surface area contributed by atoms with Gasteiger partial charge in [0.25, 0.3) is 0 Å². The van der Waals surface area contributed by atoms with E-state index in [1.807, 2.05) is 12.3 Å². The van der Waals surface area contributed by atoms with Crippen LogP contribution in [0.15, 0.2) is 42.6 Å². The van der Waals surface area contributed by atoms with E-state index in [0.29, 0.717) is 12.0 Å². The summed E-state index contributed by atoms with van der Waals surface area (Å²) in [6.07, 6.45) is 9.13. The average molecular weight is 283 g/mol. The molecule has 2 bridgehead atoms. The number of hydrogen-bond acceptors (Lipinski definition) is 1. The lowest BCUT2D eigenvalue weighted by Gasteiger charge is -2.22. The molecule has 102 valence electrons. The maximum atomic E-state index is 5.44. The third kappa shape index (κ3) is 2.10. The Morgan fingerprint density at radius 1 is 1.20 bits per heavy atom. The molecule has 3 N–H and O–H groups in total. The number of aromatic nitrogens is 1. The number of H-pyrrole nitrogens is 1. The summed E-state index contributed by atoms with van der Waals surface area (Å²) >= 11 is 5.44. The van der Waals surface area contributed by atoms with Gasteiger partial charge in [-0.15, -0.1) is 0 Å². The van der Waals surface area contributed by atoms with Crippen LogP contribution in [0.2, 0.25) is 0 Å². The molecule has 0 amide bonds. The SMILES string of the molecule is S=C(Nc1ccc2[nH]ccc2c1)N[C@H]1C[C@@H]2C=C[C@@H]1C2. The van der Waals surface area contributed by atoms with E-state index in [0.717, 1.165) is 22.2 Å². The first-order valence-electron chi connectivity index (χ1n) is 7.11. The molecule has 1 aromatic heterocycles. The summed E-state index contributed by atoms with van der Waals surface area (Å²) in [6.45, 7) is 0. The molecule has 0 spiro atoms. The highest BCUT2D eigenvalue weighted by atomic mass is 32.1. The van der Waals surface area contributed by atoms with Gasteiger partial charge >= 0.3 is 0 Å². The number of nitrogens with one attached hydrogen (secondary N) is 3. The number of hydrogen-bond donors (Lipinski definition) is 3. The number of anilines is 1. The van der Waals surface area contributed by atoms with Crippen molar-refractivity contribution in [3.8, 4) is 0 Å². The van der Waals surface area contributed by atoms with Gasteiger partial charge < -0.3 is 15.6 Å². The van der Waals surface area contributed by atoms with Crippen molar-refractivity contribution in [2.45, 2.75) is 18.9 Å². The number of fused-ring (bicyclic) bond motifs is 3. The third-order valence-corrected chi connectivity index (χ3v) is 4.63.